The average molecular weight is 391 g/mol. The molecule has 2 rings (SSSR count). The van der Waals surface area contributed by atoms with Gasteiger partial charge in [-0.25, -0.2) is 13.1 Å². The minimum Gasteiger partial charge on any atom is -0.361 e. The Hall–Kier alpha value is -2.40. The molecular weight excluding hydrogens is 375 g/mol. The van der Waals surface area contributed by atoms with Crippen LogP contribution in [0.15, 0.2) is 33.7 Å². The second-order valence-corrected chi connectivity index (χ2v) is 7.13. The Bertz CT molecular complexity index is 888. The molecule has 1 aromatic carbocycles. The van der Waals surface area contributed by atoms with E-state index >= 15 is 0 Å². The van der Waals surface area contributed by atoms with E-state index in [1.807, 2.05) is 4.72 Å². The highest BCUT2D eigenvalue weighted by molar-refractivity contribution is 7.89. The van der Waals surface area contributed by atoms with Crippen LogP contribution in [0.25, 0.3) is 0 Å². The zero-order valence-corrected chi connectivity index (χ0v) is 14.7. The van der Waals surface area contributed by atoms with Crippen LogP contribution in [-0.4, -0.2) is 26.0 Å². The molecule has 26 heavy (non-hydrogen) atoms. The van der Waals surface area contributed by atoms with Crippen LogP contribution < -0.4 is 10.0 Å². The van der Waals surface area contributed by atoms with Crippen LogP contribution in [0.3, 0.4) is 0 Å². The smallest absolute Gasteiger partial charge is 0.361 e. The molecule has 2 aromatic rings. The van der Waals surface area contributed by atoms with Crippen LogP contribution in [-0.2, 0) is 27.5 Å². The summed E-state index contributed by atoms with van der Waals surface area (Å²) in [4.78, 5) is 10.9. The summed E-state index contributed by atoms with van der Waals surface area (Å²) in [6.07, 6.45) is -4.84. The van der Waals surface area contributed by atoms with Gasteiger partial charge in [-0.05, 0) is 26.0 Å². The third kappa shape index (κ3) is 4.61. The number of rotatable bonds is 6. The van der Waals surface area contributed by atoms with Crippen LogP contribution in [0.1, 0.15) is 22.6 Å². The van der Waals surface area contributed by atoms with E-state index in [1.165, 1.54) is 6.07 Å². The molecule has 0 saturated carbocycles. The van der Waals surface area contributed by atoms with Crippen molar-refractivity contribution in [1.29, 1.82) is 0 Å². The quantitative estimate of drug-likeness (QED) is 0.783. The van der Waals surface area contributed by atoms with Gasteiger partial charge in [0.15, 0.2) is 0 Å². The van der Waals surface area contributed by atoms with Gasteiger partial charge in [-0.15, -0.1) is 0 Å². The summed E-state index contributed by atoms with van der Waals surface area (Å²) in [7, 11) is -4.52. The fraction of sp³-hybridized carbons (Fsp3) is 0.333. The van der Waals surface area contributed by atoms with Crippen molar-refractivity contribution in [3.05, 3.63) is 46.8 Å². The number of alkyl halides is 3. The third-order valence-electron chi connectivity index (χ3n) is 3.55. The van der Waals surface area contributed by atoms with Gasteiger partial charge in [0.2, 0.25) is 15.9 Å². The Balaban J connectivity index is 2.04. The van der Waals surface area contributed by atoms with Gasteiger partial charge in [0.1, 0.15) is 5.76 Å². The topological polar surface area (TPSA) is 101 Å². The highest BCUT2D eigenvalue weighted by Gasteiger charge is 2.36. The zero-order chi connectivity index (χ0) is 19.5. The third-order valence-corrected chi connectivity index (χ3v) is 5.01. The summed E-state index contributed by atoms with van der Waals surface area (Å²) in [6.45, 7) is 2.67. The number of amides is 1. The summed E-state index contributed by atoms with van der Waals surface area (Å²) < 4.78 is 69.9. The fourth-order valence-corrected chi connectivity index (χ4v) is 3.38. The average Bonchev–Trinajstić information content (AvgIpc) is 2.89. The summed E-state index contributed by atoms with van der Waals surface area (Å²) in [5.41, 5.74) is -0.0882. The van der Waals surface area contributed by atoms with Crippen molar-refractivity contribution in [1.82, 2.24) is 15.2 Å². The number of hydrogen-bond donors (Lipinski definition) is 2. The highest BCUT2D eigenvalue weighted by Crippen LogP contribution is 2.33. The fourth-order valence-electron chi connectivity index (χ4n) is 2.18. The maximum absolute atomic E-state index is 12.9. The molecule has 0 aliphatic carbocycles. The van der Waals surface area contributed by atoms with Gasteiger partial charge in [-0.3, -0.25) is 4.79 Å². The summed E-state index contributed by atoms with van der Waals surface area (Å²) >= 11 is 0. The number of aromatic nitrogens is 1. The number of sulfonamides is 1. The molecule has 0 unspecified atom stereocenters. The molecule has 0 aliphatic rings. The van der Waals surface area contributed by atoms with Crippen LogP contribution >= 0.6 is 0 Å². The molecular formula is C15H16F3N3O4S. The SMILES string of the molecule is Cc1noc(C)c1CNC(=O)CNS(=O)(=O)c1ccccc1C(F)(F)F. The van der Waals surface area contributed by atoms with E-state index in [1.54, 1.807) is 13.8 Å². The van der Waals surface area contributed by atoms with Crippen LogP contribution in [0.2, 0.25) is 0 Å². The van der Waals surface area contributed by atoms with Gasteiger partial charge in [-0.1, -0.05) is 17.3 Å². The standard InChI is InChI=1S/C15H16F3N3O4S/c1-9-11(10(2)25-21-9)7-19-14(22)8-20-26(23,24)13-6-4-3-5-12(13)15(16,17)18/h3-6,20H,7-8H2,1-2H3,(H,19,22). The van der Waals surface area contributed by atoms with E-state index in [0.717, 1.165) is 12.1 Å². The number of halogens is 3. The van der Waals surface area contributed by atoms with Crippen LogP contribution in [0.4, 0.5) is 13.2 Å². The van der Waals surface area contributed by atoms with Crippen molar-refractivity contribution in [2.75, 3.05) is 6.54 Å². The largest absolute Gasteiger partial charge is 0.417 e. The Morgan fingerprint density at radius 1 is 1.23 bits per heavy atom. The van der Waals surface area contributed by atoms with Gasteiger partial charge in [0.25, 0.3) is 0 Å². The molecule has 0 aliphatic heterocycles. The monoisotopic (exact) mass is 391 g/mol. The first-order valence-corrected chi connectivity index (χ1v) is 8.85. The van der Waals surface area contributed by atoms with E-state index in [-0.39, 0.29) is 6.54 Å². The predicted octanol–water partition coefficient (Wildman–Crippen LogP) is 1.90. The van der Waals surface area contributed by atoms with Gasteiger partial charge in [-0.2, -0.15) is 13.2 Å². The maximum Gasteiger partial charge on any atom is 0.417 e. The molecule has 142 valence electrons. The molecule has 1 amide bonds. The molecule has 1 heterocycles. The molecule has 2 N–H and O–H groups in total. The molecule has 11 heteroatoms. The first-order chi connectivity index (χ1) is 12.0. The zero-order valence-electron chi connectivity index (χ0n) is 13.8. The van der Waals surface area contributed by atoms with E-state index in [0.29, 0.717) is 23.1 Å². The number of nitrogens with one attached hydrogen (secondary N) is 2. The Kier molecular flexibility index (Phi) is 5.71. The molecule has 0 atom stereocenters. The molecule has 1 aromatic heterocycles. The second kappa shape index (κ2) is 7.46. The minimum atomic E-state index is -4.84. The normalized spacial score (nSPS) is 12.2. The molecule has 7 nitrogen and oxygen atoms in total. The number of aryl methyl sites for hydroxylation is 2. The summed E-state index contributed by atoms with van der Waals surface area (Å²) in [5, 5.41) is 6.15. The molecule has 0 fully saturated rings. The first-order valence-electron chi connectivity index (χ1n) is 7.36. The lowest BCUT2D eigenvalue weighted by Crippen LogP contribution is -2.37. The summed E-state index contributed by atoms with van der Waals surface area (Å²) in [6, 6.07) is 3.73. The van der Waals surface area contributed by atoms with E-state index in [9.17, 15) is 26.4 Å². The Morgan fingerprint density at radius 2 is 1.88 bits per heavy atom. The van der Waals surface area contributed by atoms with E-state index in [4.69, 9.17) is 4.52 Å². The van der Waals surface area contributed by atoms with Crippen LogP contribution in [0, 0.1) is 13.8 Å². The van der Waals surface area contributed by atoms with Crippen molar-refractivity contribution in [2.45, 2.75) is 31.5 Å². The number of carbonyl (C=O) groups is 1. The van der Waals surface area contributed by atoms with Crippen LogP contribution in [0.5, 0.6) is 0 Å². The number of carbonyl (C=O) groups excluding carboxylic acids is 1. The van der Waals surface area contributed by atoms with Crippen molar-refractivity contribution in [3.63, 3.8) is 0 Å². The lowest BCUT2D eigenvalue weighted by Gasteiger charge is -2.13. The van der Waals surface area contributed by atoms with E-state index < -0.39 is 39.1 Å². The number of nitrogens with zero attached hydrogens (tertiary/aromatic N) is 1. The van der Waals surface area contributed by atoms with Crippen molar-refractivity contribution in [3.8, 4) is 0 Å². The van der Waals surface area contributed by atoms with Crippen molar-refractivity contribution < 1.29 is 30.9 Å². The lowest BCUT2D eigenvalue weighted by atomic mass is 10.2. The lowest BCUT2D eigenvalue weighted by molar-refractivity contribution is -0.139. The van der Waals surface area contributed by atoms with E-state index in [2.05, 4.69) is 10.5 Å². The Morgan fingerprint density at radius 3 is 2.46 bits per heavy atom. The highest BCUT2D eigenvalue weighted by atomic mass is 32.2. The predicted molar refractivity (Wildman–Crippen MR) is 84.5 cm³/mol. The van der Waals surface area contributed by atoms with Gasteiger partial charge in [0, 0.05) is 12.1 Å². The Labute approximate surface area is 147 Å². The summed E-state index contributed by atoms with van der Waals surface area (Å²) in [5.74, 6) is -0.208. The van der Waals surface area contributed by atoms with Gasteiger partial charge >= 0.3 is 6.18 Å². The number of hydrogen-bond acceptors (Lipinski definition) is 5. The van der Waals surface area contributed by atoms with Gasteiger partial charge < -0.3 is 9.84 Å². The molecule has 0 spiro atoms. The second-order valence-electron chi connectivity index (χ2n) is 5.40. The molecule has 0 radical (unpaired) electrons. The maximum atomic E-state index is 12.9. The number of benzene rings is 1. The first kappa shape index (κ1) is 19.9. The van der Waals surface area contributed by atoms with Crippen molar-refractivity contribution >= 4 is 15.9 Å². The molecule has 0 saturated heterocycles. The van der Waals surface area contributed by atoms with Gasteiger partial charge in [0.05, 0.1) is 22.7 Å². The van der Waals surface area contributed by atoms with Crippen molar-refractivity contribution in [2.24, 2.45) is 0 Å². The molecule has 0 bridgehead atoms. The minimum absolute atomic E-state index is 0.0564.